The van der Waals surface area contributed by atoms with Crippen molar-refractivity contribution in [3.8, 4) is 5.75 Å². The van der Waals surface area contributed by atoms with Crippen LogP contribution in [0.3, 0.4) is 0 Å². The Kier molecular flexibility index (Phi) is 8.21. The second-order valence-corrected chi connectivity index (χ2v) is 8.26. The van der Waals surface area contributed by atoms with E-state index in [4.69, 9.17) is 4.74 Å². The van der Waals surface area contributed by atoms with E-state index >= 15 is 0 Å². The molecule has 2 amide bonds. The Hall–Kier alpha value is -4.29. The van der Waals surface area contributed by atoms with E-state index in [1.54, 1.807) is 54.5 Å². The number of rotatable bonds is 8. The standard InChI is InChI=1S/C24H28N8O4/c1-31-16-18(15-26-31)28-23-25-10-7-21(29-23)30-24(35)36-20-5-2-4-17(14-20)27-22(34)6-3-11-32-12-8-19(33)9-13-32/h2-7,10,14-16,19,33H,8-9,11-13H2,1H3,(H,27,34)(H2,25,28,29,30,35)/b6-3+. The first-order valence-electron chi connectivity index (χ1n) is 11.5. The Morgan fingerprint density at radius 2 is 2.03 bits per heavy atom. The molecule has 2 aromatic heterocycles. The number of amides is 2. The minimum absolute atomic E-state index is 0.224. The third kappa shape index (κ3) is 7.61. The maximum Gasteiger partial charge on any atom is 0.418 e. The van der Waals surface area contributed by atoms with Crippen LogP contribution in [0.2, 0.25) is 0 Å². The van der Waals surface area contributed by atoms with Crippen LogP contribution in [0, 0.1) is 0 Å². The molecule has 0 spiro atoms. The van der Waals surface area contributed by atoms with Crippen molar-refractivity contribution in [2.75, 3.05) is 35.6 Å². The number of nitrogens with one attached hydrogen (secondary N) is 3. The number of likely N-dealkylation sites (tertiary alicyclic amines) is 1. The first-order chi connectivity index (χ1) is 17.4. The lowest BCUT2D eigenvalue weighted by Gasteiger charge is -2.28. The van der Waals surface area contributed by atoms with E-state index in [2.05, 4.69) is 35.9 Å². The van der Waals surface area contributed by atoms with Gasteiger partial charge in [0.2, 0.25) is 11.9 Å². The molecule has 1 aliphatic heterocycles. The number of nitrogens with zero attached hydrogens (tertiary/aromatic N) is 5. The van der Waals surface area contributed by atoms with E-state index in [1.807, 2.05) is 0 Å². The molecule has 12 heteroatoms. The van der Waals surface area contributed by atoms with Gasteiger partial charge in [-0.2, -0.15) is 10.1 Å². The van der Waals surface area contributed by atoms with Crippen LogP contribution in [0.5, 0.6) is 5.75 Å². The van der Waals surface area contributed by atoms with Crippen LogP contribution in [0.1, 0.15) is 12.8 Å². The van der Waals surface area contributed by atoms with Crippen LogP contribution in [-0.2, 0) is 11.8 Å². The molecule has 0 saturated carbocycles. The molecule has 36 heavy (non-hydrogen) atoms. The molecule has 1 fully saturated rings. The Morgan fingerprint density at radius 1 is 1.19 bits per heavy atom. The summed E-state index contributed by atoms with van der Waals surface area (Å²) in [6.07, 6.45) is 8.69. The molecule has 1 aromatic carbocycles. The molecule has 188 valence electrons. The van der Waals surface area contributed by atoms with Crippen molar-refractivity contribution in [2.24, 2.45) is 7.05 Å². The molecule has 1 saturated heterocycles. The second-order valence-electron chi connectivity index (χ2n) is 8.26. The van der Waals surface area contributed by atoms with Crippen molar-refractivity contribution in [1.82, 2.24) is 24.6 Å². The zero-order chi connectivity index (χ0) is 25.3. The zero-order valence-electron chi connectivity index (χ0n) is 19.8. The van der Waals surface area contributed by atoms with Crippen molar-refractivity contribution in [3.63, 3.8) is 0 Å². The van der Waals surface area contributed by atoms with Gasteiger partial charge in [-0.15, -0.1) is 0 Å². The predicted octanol–water partition coefficient (Wildman–Crippen LogP) is 2.52. The van der Waals surface area contributed by atoms with Gasteiger partial charge in [0, 0.05) is 56.9 Å². The number of aliphatic hydroxyl groups is 1. The van der Waals surface area contributed by atoms with E-state index in [-0.39, 0.29) is 29.5 Å². The number of aromatic nitrogens is 4. The Morgan fingerprint density at radius 3 is 2.81 bits per heavy atom. The second kappa shape index (κ2) is 11.9. The molecular weight excluding hydrogens is 464 g/mol. The van der Waals surface area contributed by atoms with E-state index < -0.39 is 6.09 Å². The fourth-order valence-corrected chi connectivity index (χ4v) is 3.57. The van der Waals surface area contributed by atoms with E-state index in [0.29, 0.717) is 17.9 Å². The summed E-state index contributed by atoms with van der Waals surface area (Å²) in [5, 5.41) is 21.9. The van der Waals surface area contributed by atoms with Gasteiger partial charge in [-0.1, -0.05) is 12.1 Å². The lowest BCUT2D eigenvalue weighted by atomic mass is 10.1. The highest BCUT2D eigenvalue weighted by Crippen LogP contribution is 2.19. The first-order valence-corrected chi connectivity index (χ1v) is 11.5. The van der Waals surface area contributed by atoms with Gasteiger partial charge in [0.15, 0.2) is 0 Å². The summed E-state index contributed by atoms with van der Waals surface area (Å²) in [5.74, 6) is 0.503. The first kappa shape index (κ1) is 24.8. The van der Waals surface area contributed by atoms with Crippen molar-refractivity contribution in [3.05, 3.63) is 61.1 Å². The molecule has 3 aromatic rings. The predicted molar refractivity (Wildman–Crippen MR) is 134 cm³/mol. The normalized spacial score (nSPS) is 14.5. The molecular formula is C24H28N8O4. The summed E-state index contributed by atoms with van der Waals surface area (Å²) in [4.78, 5) is 35.1. The fraction of sp³-hybridized carbons (Fsp3) is 0.292. The number of carbonyl (C=O) groups is 2. The summed E-state index contributed by atoms with van der Waals surface area (Å²) < 4.78 is 6.97. The van der Waals surface area contributed by atoms with E-state index in [1.165, 1.54) is 18.3 Å². The Labute approximate surface area is 208 Å². The number of aryl methyl sites for hydroxylation is 1. The van der Waals surface area contributed by atoms with Gasteiger partial charge >= 0.3 is 6.09 Å². The van der Waals surface area contributed by atoms with Gasteiger partial charge in [-0.25, -0.2) is 9.78 Å². The van der Waals surface area contributed by atoms with Gasteiger partial charge in [0.05, 0.1) is 18.0 Å². The summed E-state index contributed by atoms with van der Waals surface area (Å²) in [5.41, 5.74) is 1.19. The smallest absolute Gasteiger partial charge is 0.410 e. The van der Waals surface area contributed by atoms with Crippen molar-refractivity contribution < 1.29 is 19.4 Å². The molecule has 0 unspecified atom stereocenters. The molecule has 1 aliphatic rings. The Balaban J connectivity index is 1.26. The van der Waals surface area contributed by atoms with Gasteiger partial charge < -0.3 is 20.5 Å². The van der Waals surface area contributed by atoms with Gasteiger partial charge in [-0.05, 0) is 31.0 Å². The number of piperidine rings is 1. The SMILES string of the molecule is Cn1cc(Nc2nccc(NC(=O)Oc3cccc(NC(=O)/C=C/CN4CCC(O)CC4)c3)n2)cn1. The molecule has 12 nitrogen and oxygen atoms in total. The van der Waals surface area contributed by atoms with Crippen LogP contribution in [-0.4, -0.2) is 67.5 Å². The van der Waals surface area contributed by atoms with Gasteiger partial charge in [-0.3, -0.25) is 19.7 Å². The lowest BCUT2D eigenvalue weighted by molar-refractivity contribution is -0.111. The lowest BCUT2D eigenvalue weighted by Crippen LogP contribution is -2.35. The van der Waals surface area contributed by atoms with Crippen LogP contribution >= 0.6 is 0 Å². The monoisotopic (exact) mass is 492 g/mol. The topological polar surface area (TPSA) is 147 Å². The Bertz CT molecular complexity index is 1220. The zero-order valence-corrected chi connectivity index (χ0v) is 19.8. The number of benzene rings is 1. The van der Waals surface area contributed by atoms with Crippen molar-refractivity contribution >= 4 is 35.1 Å². The minimum atomic E-state index is -0.740. The summed E-state index contributed by atoms with van der Waals surface area (Å²) in [6, 6.07) is 8.05. The number of hydrogen-bond acceptors (Lipinski definition) is 9. The van der Waals surface area contributed by atoms with Crippen LogP contribution in [0.25, 0.3) is 0 Å². The van der Waals surface area contributed by atoms with E-state index in [9.17, 15) is 14.7 Å². The average Bonchev–Trinajstić information content (AvgIpc) is 3.25. The molecule has 4 N–H and O–H groups in total. The third-order valence-electron chi connectivity index (χ3n) is 5.35. The third-order valence-corrected chi connectivity index (χ3v) is 5.35. The highest BCUT2D eigenvalue weighted by atomic mass is 16.6. The molecule has 0 atom stereocenters. The quantitative estimate of drug-likeness (QED) is 0.348. The van der Waals surface area contributed by atoms with Crippen LogP contribution in [0.15, 0.2) is 61.1 Å². The van der Waals surface area contributed by atoms with Crippen LogP contribution < -0.4 is 20.7 Å². The molecule has 3 heterocycles. The van der Waals surface area contributed by atoms with Gasteiger partial charge in [0.1, 0.15) is 11.6 Å². The van der Waals surface area contributed by atoms with Gasteiger partial charge in [0.25, 0.3) is 0 Å². The molecule has 4 rings (SSSR count). The maximum atomic E-state index is 12.4. The summed E-state index contributed by atoms with van der Waals surface area (Å²) in [7, 11) is 1.79. The number of aliphatic hydroxyl groups excluding tert-OH is 1. The number of anilines is 4. The number of carbonyl (C=O) groups excluding carboxylic acids is 2. The van der Waals surface area contributed by atoms with Crippen molar-refractivity contribution in [2.45, 2.75) is 18.9 Å². The van der Waals surface area contributed by atoms with E-state index in [0.717, 1.165) is 25.9 Å². The molecule has 0 aliphatic carbocycles. The summed E-state index contributed by atoms with van der Waals surface area (Å²) in [6.45, 7) is 2.27. The fourth-order valence-electron chi connectivity index (χ4n) is 3.57. The minimum Gasteiger partial charge on any atom is -0.410 e. The molecule has 0 bridgehead atoms. The van der Waals surface area contributed by atoms with Crippen LogP contribution in [0.4, 0.5) is 27.9 Å². The molecule has 0 radical (unpaired) electrons. The maximum absolute atomic E-state index is 12.4. The van der Waals surface area contributed by atoms with Crippen molar-refractivity contribution in [1.29, 1.82) is 0 Å². The highest BCUT2D eigenvalue weighted by Gasteiger charge is 2.15. The highest BCUT2D eigenvalue weighted by molar-refractivity contribution is 5.99. The number of hydrogen-bond donors (Lipinski definition) is 4. The largest absolute Gasteiger partial charge is 0.418 e. The average molecular weight is 493 g/mol. The summed E-state index contributed by atoms with van der Waals surface area (Å²) >= 11 is 0. The number of ether oxygens (including phenoxy) is 1.